The number of phenols is 1. The fourth-order valence-corrected chi connectivity index (χ4v) is 5.00. The molecular weight excluding hydrogens is 587 g/mol. The molecule has 0 unspecified atom stereocenters. The lowest BCUT2D eigenvalue weighted by atomic mass is 9.82. The number of nitrogens with one attached hydrogen (secondary N) is 3. The highest BCUT2D eigenvalue weighted by atomic mass is 19.4. The molecule has 4 aromatic rings. The van der Waals surface area contributed by atoms with E-state index in [1.54, 1.807) is 43.0 Å². The number of aromatic hydroxyl groups is 1. The molecule has 0 bridgehead atoms. The Bertz CT molecular complexity index is 1680. The summed E-state index contributed by atoms with van der Waals surface area (Å²) >= 11 is 0. The molecule has 2 amide bonds. The largest absolute Gasteiger partial charge is 0.573 e. The summed E-state index contributed by atoms with van der Waals surface area (Å²) in [7, 11) is 0. The lowest BCUT2D eigenvalue weighted by molar-refractivity contribution is -0.274. The first-order valence-corrected chi connectivity index (χ1v) is 12.5. The van der Waals surface area contributed by atoms with E-state index in [-0.39, 0.29) is 40.4 Å². The molecule has 0 fully saturated rings. The Kier molecular flexibility index (Phi) is 7.14. The predicted octanol–water partition coefficient (Wildman–Crippen LogP) is 7.91. The van der Waals surface area contributed by atoms with Crippen molar-refractivity contribution in [3.63, 3.8) is 0 Å². The number of ether oxygens (including phenoxy) is 1. The van der Waals surface area contributed by atoms with Gasteiger partial charge in [0.2, 0.25) is 0 Å². The molecule has 1 aliphatic heterocycles. The molecule has 0 atom stereocenters. The average Bonchev–Trinajstić information content (AvgIpc) is 3.48. The molecule has 226 valence electrons. The van der Waals surface area contributed by atoms with Crippen LogP contribution in [0.2, 0.25) is 0 Å². The van der Waals surface area contributed by atoms with Crippen molar-refractivity contribution < 1.29 is 45.4 Å². The van der Waals surface area contributed by atoms with E-state index in [4.69, 9.17) is 0 Å². The van der Waals surface area contributed by atoms with Gasteiger partial charge in [0, 0.05) is 29.3 Å². The summed E-state index contributed by atoms with van der Waals surface area (Å²) < 4.78 is 96.1. The highest BCUT2D eigenvalue weighted by molar-refractivity contribution is 6.03. The van der Waals surface area contributed by atoms with Gasteiger partial charge in [0.05, 0.1) is 22.8 Å². The van der Waals surface area contributed by atoms with Crippen molar-refractivity contribution in [3.8, 4) is 22.8 Å². The van der Waals surface area contributed by atoms with Crippen LogP contribution in [-0.2, 0) is 11.6 Å². The fraction of sp³-hybridized carbons (Fsp3) is 0.214. The van der Waals surface area contributed by atoms with E-state index in [1.165, 1.54) is 12.1 Å². The number of carbonyl (C=O) groups excluding carboxylic acids is 1. The summed E-state index contributed by atoms with van der Waals surface area (Å²) in [6.07, 6.45) is -9.61. The van der Waals surface area contributed by atoms with Gasteiger partial charge in [-0.25, -0.2) is 9.18 Å². The van der Waals surface area contributed by atoms with Crippen LogP contribution in [0.1, 0.15) is 25.1 Å². The molecule has 8 nitrogen and oxygen atoms in total. The van der Waals surface area contributed by atoms with Crippen molar-refractivity contribution in [1.82, 2.24) is 10.2 Å². The first kappa shape index (κ1) is 29.5. The molecule has 43 heavy (non-hydrogen) atoms. The van der Waals surface area contributed by atoms with Gasteiger partial charge in [0.25, 0.3) is 0 Å². The summed E-state index contributed by atoms with van der Waals surface area (Å²) in [6.45, 7) is 3.57. The number of hydrogen-bond acceptors (Lipinski definition) is 5. The third kappa shape index (κ3) is 6.01. The summed E-state index contributed by atoms with van der Waals surface area (Å²) in [6, 6.07) is 11.6. The van der Waals surface area contributed by atoms with Crippen molar-refractivity contribution in [3.05, 3.63) is 77.7 Å². The van der Waals surface area contributed by atoms with E-state index in [2.05, 4.69) is 20.5 Å². The number of anilines is 4. The minimum atomic E-state index is -4.87. The quantitative estimate of drug-likeness (QED) is 0.172. The zero-order chi connectivity index (χ0) is 31.3. The smallest absolute Gasteiger partial charge is 0.506 e. The first-order valence-electron chi connectivity index (χ1n) is 12.5. The van der Waals surface area contributed by atoms with Crippen LogP contribution in [-0.4, -0.2) is 34.2 Å². The van der Waals surface area contributed by atoms with E-state index in [0.717, 1.165) is 18.2 Å². The van der Waals surface area contributed by atoms with Gasteiger partial charge in [-0.1, -0.05) is 26.0 Å². The lowest BCUT2D eigenvalue weighted by Crippen LogP contribution is -2.27. The number of nitrogens with zero attached hydrogens (tertiary/aromatic N) is 2. The van der Waals surface area contributed by atoms with Crippen LogP contribution in [0.3, 0.4) is 0 Å². The molecule has 0 radical (unpaired) electrons. The zero-order valence-corrected chi connectivity index (χ0v) is 22.3. The second kappa shape index (κ2) is 10.4. The second-order valence-electron chi connectivity index (χ2n) is 10.3. The molecule has 5 rings (SSSR count). The van der Waals surface area contributed by atoms with E-state index in [1.807, 2.05) is 5.10 Å². The molecule has 1 aliphatic rings. The standard InChI is InChI=1S/C28H22F7N5O3/c1-26(2)13-40(24-20(41)11-16(29)22(23(24)26)18-12-21(39-38-18)27(30,31)32)19-6-4-3-5-17(19)37-25(42)36-14-7-9-15(10-8-14)43-28(33,34)35/h3-12,41H,13H2,1-2H3,(H,38,39)(H2,36,37,42). The van der Waals surface area contributed by atoms with Crippen molar-refractivity contribution in [2.75, 3.05) is 22.1 Å². The number of phenolic OH excluding ortho intramolecular Hbond substituents is 1. The van der Waals surface area contributed by atoms with Crippen LogP contribution in [0.4, 0.5) is 58.3 Å². The Morgan fingerprint density at radius 2 is 1.70 bits per heavy atom. The maximum absolute atomic E-state index is 15.3. The number of para-hydroxylation sites is 2. The number of aromatic nitrogens is 2. The van der Waals surface area contributed by atoms with Gasteiger partial charge >= 0.3 is 18.6 Å². The maximum Gasteiger partial charge on any atom is 0.573 e. The lowest BCUT2D eigenvalue weighted by Gasteiger charge is -2.25. The van der Waals surface area contributed by atoms with Crippen molar-refractivity contribution in [1.29, 1.82) is 0 Å². The third-order valence-electron chi connectivity index (χ3n) is 6.66. The number of amides is 2. The van der Waals surface area contributed by atoms with Crippen LogP contribution < -0.4 is 20.3 Å². The van der Waals surface area contributed by atoms with Crippen molar-refractivity contribution >= 4 is 28.8 Å². The molecule has 0 spiro atoms. The highest BCUT2D eigenvalue weighted by Crippen LogP contribution is 2.54. The Hall–Kier alpha value is -4.95. The summed E-state index contributed by atoms with van der Waals surface area (Å²) in [5.41, 5.74) is -1.50. The fourth-order valence-electron chi connectivity index (χ4n) is 5.00. The van der Waals surface area contributed by atoms with E-state index in [0.29, 0.717) is 11.8 Å². The molecule has 15 heteroatoms. The van der Waals surface area contributed by atoms with Crippen molar-refractivity contribution in [2.45, 2.75) is 31.8 Å². The van der Waals surface area contributed by atoms with E-state index in [9.17, 15) is 36.2 Å². The van der Waals surface area contributed by atoms with Gasteiger partial charge < -0.3 is 25.4 Å². The minimum absolute atomic E-state index is 0.118. The number of benzene rings is 3. The number of rotatable bonds is 5. The first-order chi connectivity index (χ1) is 20.0. The van der Waals surface area contributed by atoms with Gasteiger partial charge in [0.1, 0.15) is 23.0 Å². The van der Waals surface area contributed by atoms with Crippen LogP contribution in [0.25, 0.3) is 11.3 Å². The number of H-pyrrole nitrogens is 1. The average molecular weight is 610 g/mol. The Balaban J connectivity index is 1.47. The van der Waals surface area contributed by atoms with Gasteiger partial charge in [0.15, 0.2) is 0 Å². The maximum atomic E-state index is 15.3. The van der Waals surface area contributed by atoms with Gasteiger partial charge in [-0.15, -0.1) is 13.2 Å². The Morgan fingerprint density at radius 1 is 1.02 bits per heavy atom. The van der Waals surface area contributed by atoms with E-state index >= 15 is 4.39 Å². The molecule has 4 N–H and O–H groups in total. The Labute approximate surface area is 239 Å². The summed E-state index contributed by atoms with van der Waals surface area (Å²) in [4.78, 5) is 14.4. The summed E-state index contributed by atoms with van der Waals surface area (Å²) in [5.74, 6) is -1.92. The van der Waals surface area contributed by atoms with Gasteiger partial charge in [-0.2, -0.15) is 18.3 Å². The second-order valence-corrected chi connectivity index (χ2v) is 10.3. The van der Waals surface area contributed by atoms with Crippen molar-refractivity contribution in [2.24, 2.45) is 0 Å². The molecule has 1 aromatic heterocycles. The van der Waals surface area contributed by atoms with Gasteiger partial charge in [-0.3, -0.25) is 5.10 Å². The van der Waals surface area contributed by atoms with Crippen LogP contribution in [0, 0.1) is 5.82 Å². The number of alkyl halides is 6. The van der Waals surface area contributed by atoms with E-state index < -0.39 is 47.0 Å². The van der Waals surface area contributed by atoms with Gasteiger partial charge in [-0.05, 0) is 48.0 Å². The third-order valence-corrected chi connectivity index (χ3v) is 6.66. The van der Waals surface area contributed by atoms with Crippen LogP contribution in [0.15, 0.2) is 60.7 Å². The minimum Gasteiger partial charge on any atom is -0.506 e. The van der Waals surface area contributed by atoms with Crippen LogP contribution >= 0.6 is 0 Å². The Morgan fingerprint density at radius 3 is 2.33 bits per heavy atom. The molecular formula is C28H22F7N5O3. The molecule has 3 aromatic carbocycles. The number of carbonyl (C=O) groups is 1. The predicted molar refractivity (Wildman–Crippen MR) is 143 cm³/mol. The molecule has 0 saturated carbocycles. The number of halogens is 7. The normalized spacial score (nSPS) is 14.4. The number of aromatic amines is 1. The summed E-state index contributed by atoms with van der Waals surface area (Å²) in [5, 5.41) is 21.6. The SMILES string of the molecule is CC1(C)CN(c2ccccc2NC(=O)Nc2ccc(OC(F)(F)F)cc2)c2c(O)cc(F)c(-c3cc(C(F)(F)F)[nH]n3)c21. The molecule has 0 aliphatic carbocycles. The van der Waals surface area contributed by atoms with Crippen LogP contribution in [0.5, 0.6) is 11.5 Å². The monoisotopic (exact) mass is 609 g/mol. The topological polar surface area (TPSA) is 103 Å². The number of hydrogen-bond donors (Lipinski definition) is 4. The zero-order valence-electron chi connectivity index (χ0n) is 22.3. The number of fused-ring (bicyclic) bond motifs is 1. The highest BCUT2D eigenvalue weighted by Gasteiger charge is 2.43. The molecule has 2 heterocycles. The number of urea groups is 1. The molecule has 0 saturated heterocycles.